The number of nitrogens with zero attached hydrogens (tertiary/aromatic N) is 1. The van der Waals surface area contributed by atoms with Gasteiger partial charge in [-0.25, -0.2) is 0 Å². The Labute approximate surface area is 108 Å². The predicted octanol–water partition coefficient (Wildman–Crippen LogP) is 1.50. The summed E-state index contributed by atoms with van der Waals surface area (Å²) in [5, 5.41) is 0. The Kier molecular flexibility index (Phi) is 5.41. The Morgan fingerprint density at radius 3 is 2.75 bits per heavy atom. The van der Waals surface area contributed by atoms with Gasteiger partial charge in [0, 0.05) is 36.1 Å². The molecule has 2 fully saturated rings. The fourth-order valence-electron chi connectivity index (χ4n) is 2.53. The number of nitrogens with two attached hydrogens (primary N) is 1. The molecule has 2 N–H and O–H groups in total. The molecule has 0 aromatic rings. The van der Waals surface area contributed by atoms with Crippen LogP contribution in [-0.2, 0) is 4.79 Å². The maximum Gasteiger partial charge on any atom is 0.226 e. The zero-order chi connectivity index (χ0) is 10.8. The summed E-state index contributed by atoms with van der Waals surface area (Å²) in [7, 11) is 0. The minimum atomic E-state index is 0. The summed E-state index contributed by atoms with van der Waals surface area (Å²) in [5.41, 5.74) is 5.85. The third-order valence-corrected chi connectivity index (χ3v) is 4.66. The van der Waals surface area contributed by atoms with Gasteiger partial charge in [0.2, 0.25) is 5.91 Å². The van der Waals surface area contributed by atoms with Crippen molar-refractivity contribution in [2.75, 3.05) is 18.1 Å². The molecule has 3 nitrogen and oxygen atoms in total. The van der Waals surface area contributed by atoms with Crippen LogP contribution in [-0.4, -0.2) is 40.9 Å². The molecule has 3 atom stereocenters. The number of amides is 1. The molecule has 2 rings (SSSR count). The second-order valence-corrected chi connectivity index (χ2v) is 5.88. The maximum atomic E-state index is 12.2. The zero-order valence-corrected chi connectivity index (χ0v) is 11.4. The number of carbonyl (C=O) groups is 1. The SMILES string of the molecule is CC1CSCCN1C(=O)C1CCC(N)C1.Cl. The molecular weight excluding hydrogens is 244 g/mol. The number of thioether (sulfide) groups is 1. The van der Waals surface area contributed by atoms with Crippen molar-refractivity contribution in [1.29, 1.82) is 0 Å². The molecule has 0 aromatic carbocycles. The van der Waals surface area contributed by atoms with Crippen molar-refractivity contribution in [2.45, 2.75) is 38.3 Å². The van der Waals surface area contributed by atoms with Gasteiger partial charge in [0.1, 0.15) is 0 Å². The van der Waals surface area contributed by atoms with Crippen molar-refractivity contribution >= 4 is 30.1 Å². The maximum absolute atomic E-state index is 12.2. The van der Waals surface area contributed by atoms with Crippen LogP contribution in [0.25, 0.3) is 0 Å². The number of hydrogen-bond acceptors (Lipinski definition) is 3. The van der Waals surface area contributed by atoms with E-state index in [0.717, 1.165) is 37.3 Å². The van der Waals surface area contributed by atoms with E-state index in [2.05, 4.69) is 11.8 Å². The quantitative estimate of drug-likeness (QED) is 0.781. The molecule has 16 heavy (non-hydrogen) atoms. The van der Waals surface area contributed by atoms with Crippen molar-refractivity contribution in [3.05, 3.63) is 0 Å². The normalized spacial score (nSPS) is 34.6. The van der Waals surface area contributed by atoms with Crippen LogP contribution in [0.15, 0.2) is 0 Å². The van der Waals surface area contributed by atoms with Gasteiger partial charge in [-0.2, -0.15) is 11.8 Å². The smallest absolute Gasteiger partial charge is 0.226 e. The van der Waals surface area contributed by atoms with Crippen LogP contribution < -0.4 is 5.73 Å². The summed E-state index contributed by atoms with van der Waals surface area (Å²) >= 11 is 1.95. The fraction of sp³-hybridized carbons (Fsp3) is 0.909. The Morgan fingerprint density at radius 2 is 2.19 bits per heavy atom. The Balaban J connectivity index is 0.00000128. The van der Waals surface area contributed by atoms with Crippen molar-refractivity contribution in [3.8, 4) is 0 Å². The monoisotopic (exact) mass is 264 g/mol. The molecule has 1 amide bonds. The largest absolute Gasteiger partial charge is 0.338 e. The Bertz CT molecular complexity index is 252. The summed E-state index contributed by atoms with van der Waals surface area (Å²) in [6, 6.07) is 0.668. The average Bonchev–Trinajstić information content (AvgIpc) is 2.65. The van der Waals surface area contributed by atoms with E-state index in [1.54, 1.807) is 0 Å². The number of hydrogen-bond donors (Lipinski definition) is 1. The van der Waals surface area contributed by atoms with Crippen molar-refractivity contribution in [2.24, 2.45) is 11.7 Å². The predicted molar refractivity (Wildman–Crippen MR) is 71.1 cm³/mol. The first-order valence-corrected chi connectivity index (χ1v) is 6.97. The van der Waals surface area contributed by atoms with E-state index in [9.17, 15) is 4.79 Å². The zero-order valence-electron chi connectivity index (χ0n) is 9.72. The first-order chi connectivity index (χ1) is 7.18. The third-order valence-electron chi connectivity index (χ3n) is 3.47. The van der Waals surface area contributed by atoms with E-state index >= 15 is 0 Å². The highest BCUT2D eigenvalue weighted by atomic mass is 35.5. The van der Waals surface area contributed by atoms with Gasteiger partial charge in [0.25, 0.3) is 0 Å². The van der Waals surface area contributed by atoms with Crippen molar-refractivity contribution in [3.63, 3.8) is 0 Å². The molecule has 5 heteroatoms. The molecular formula is C11H21ClN2OS. The van der Waals surface area contributed by atoms with E-state index < -0.39 is 0 Å². The van der Waals surface area contributed by atoms with Gasteiger partial charge in [-0.3, -0.25) is 4.79 Å². The van der Waals surface area contributed by atoms with Gasteiger partial charge in [-0.05, 0) is 26.2 Å². The second kappa shape index (κ2) is 6.12. The van der Waals surface area contributed by atoms with Gasteiger partial charge in [0.15, 0.2) is 0 Å². The van der Waals surface area contributed by atoms with Crippen LogP contribution in [0.3, 0.4) is 0 Å². The molecule has 1 aliphatic carbocycles. The van der Waals surface area contributed by atoms with Crippen molar-refractivity contribution in [1.82, 2.24) is 4.90 Å². The number of halogens is 1. The summed E-state index contributed by atoms with van der Waals surface area (Å²) in [5.74, 6) is 2.75. The highest BCUT2D eigenvalue weighted by Gasteiger charge is 2.33. The molecule has 1 saturated carbocycles. The first-order valence-electron chi connectivity index (χ1n) is 5.82. The van der Waals surface area contributed by atoms with Gasteiger partial charge in [-0.1, -0.05) is 0 Å². The van der Waals surface area contributed by atoms with Crippen LogP contribution in [0.5, 0.6) is 0 Å². The molecule has 1 heterocycles. The van der Waals surface area contributed by atoms with Crippen LogP contribution in [0.1, 0.15) is 26.2 Å². The van der Waals surface area contributed by atoms with Gasteiger partial charge < -0.3 is 10.6 Å². The van der Waals surface area contributed by atoms with E-state index in [0.29, 0.717) is 11.9 Å². The summed E-state index contributed by atoms with van der Waals surface area (Å²) in [6.45, 7) is 3.08. The molecule has 3 unspecified atom stereocenters. The topological polar surface area (TPSA) is 46.3 Å². The second-order valence-electron chi connectivity index (χ2n) is 4.73. The molecule has 0 radical (unpaired) electrons. The molecule has 1 aliphatic heterocycles. The van der Waals surface area contributed by atoms with Crippen LogP contribution >= 0.6 is 24.2 Å². The minimum absolute atomic E-state index is 0. The highest BCUT2D eigenvalue weighted by molar-refractivity contribution is 7.99. The molecule has 2 aliphatic rings. The van der Waals surface area contributed by atoms with Crippen LogP contribution in [0, 0.1) is 5.92 Å². The van der Waals surface area contributed by atoms with Crippen LogP contribution in [0.2, 0.25) is 0 Å². The Morgan fingerprint density at radius 1 is 1.44 bits per heavy atom. The summed E-state index contributed by atoms with van der Waals surface area (Å²) < 4.78 is 0. The van der Waals surface area contributed by atoms with Gasteiger partial charge in [0.05, 0.1) is 0 Å². The van der Waals surface area contributed by atoms with Crippen molar-refractivity contribution < 1.29 is 4.79 Å². The first kappa shape index (κ1) is 14.1. The van der Waals surface area contributed by atoms with E-state index in [1.165, 1.54) is 0 Å². The molecule has 0 bridgehead atoms. The fourth-order valence-corrected chi connectivity index (χ4v) is 3.54. The average molecular weight is 265 g/mol. The lowest BCUT2D eigenvalue weighted by Gasteiger charge is -2.34. The lowest BCUT2D eigenvalue weighted by Crippen LogP contribution is -2.46. The van der Waals surface area contributed by atoms with Gasteiger partial charge >= 0.3 is 0 Å². The lowest BCUT2D eigenvalue weighted by molar-refractivity contribution is -0.136. The van der Waals surface area contributed by atoms with E-state index in [4.69, 9.17) is 5.73 Å². The summed E-state index contributed by atoms with van der Waals surface area (Å²) in [4.78, 5) is 14.3. The van der Waals surface area contributed by atoms with Crippen LogP contribution in [0.4, 0.5) is 0 Å². The summed E-state index contributed by atoms with van der Waals surface area (Å²) in [6.07, 6.45) is 2.92. The molecule has 94 valence electrons. The third kappa shape index (κ3) is 3.05. The number of carbonyl (C=O) groups excluding carboxylic acids is 1. The standard InChI is InChI=1S/C11H20N2OS.ClH/c1-8-7-15-5-4-13(8)11(14)9-2-3-10(12)6-9;/h8-10H,2-7,12H2,1H3;1H. The minimum Gasteiger partial charge on any atom is -0.338 e. The van der Waals surface area contributed by atoms with Gasteiger partial charge in [-0.15, -0.1) is 12.4 Å². The van der Waals surface area contributed by atoms with E-state index in [-0.39, 0.29) is 24.4 Å². The lowest BCUT2D eigenvalue weighted by atomic mass is 10.1. The number of rotatable bonds is 1. The highest BCUT2D eigenvalue weighted by Crippen LogP contribution is 2.28. The molecule has 1 saturated heterocycles. The van der Waals surface area contributed by atoms with E-state index in [1.807, 2.05) is 11.8 Å². The molecule has 0 aromatic heterocycles. The Hall–Kier alpha value is 0.0700. The molecule has 0 spiro atoms.